The molecule has 1 aliphatic heterocycles. The standard InChI is InChI=1S/C24H20N2O2S/c1-26-10-9-15-21-16(20-14(11-18(21)26)7-8-19(27)22(20)28)12-17-23(15)29-24(25-17)13-5-3-2-4-6-13/h2-8,12,18,27-28H,9-11H2,1H3/t18-/m1/s1. The van der Waals surface area contributed by atoms with Gasteiger partial charge in [-0.15, -0.1) is 11.3 Å². The number of benzene rings is 3. The Kier molecular flexibility index (Phi) is 3.55. The summed E-state index contributed by atoms with van der Waals surface area (Å²) in [4.78, 5) is 7.36. The molecule has 0 fully saturated rings. The van der Waals surface area contributed by atoms with E-state index in [1.54, 1.807) is 17.4 Å². The maximum atomic E-state index is 10.7. The number of aromatic nitrogens is 1. The summed E-state index contributed by atoms with van der Waals surface area (Å²) in [5, 5.41) is 21.9. The molecule has 0 radical (unpaired) electrons. The Morgan fingerprint density at radius 2 is 1.93 bits per heavy atom. The van der Waals surface area contributed by atoms with E-state index in [1.165, 1.54) is 15.8 Å². The SMILES string of the molecule is CN1CCc2c3c(cc4nc(-c5ccccc5)sc24)-c2c(ccc(O)c2O)C[C@H]31. The average molecular weight is 401 g/mol. The monoisotopic (exact) mass is 400 g/mol. The van der Waals surface area contributed by atoms with Gasteiger partial charge in [0.2, 0.25) is 0 Å². The van der Waals surface area contributed by atoms with Crippen molar-refractivity contribution in [1.82, 2.24) is 9.88 Å². The first-order valence-electron chi connectivity index (χ1n) is 9.88. The smallest absolute Gasteiger partial charge is 0.165 e. The predicted octanol–water partition coefficient (Wildman–Crippen LogP) is 5.13. The van der Waals surface area contributed by atoms with Crippen LogP contribution in [0.1, 0.15) is 22.7 Å². The van der Waals surface area contributed by atoms with Crippen molar-refractivity contribution >= 4 is 21.6 Å². The molecule has 4 nitrogen and oxygen atoms in total. The Labute approximate surface area is 172 Å². The van der Waals surface area contributed by atoms with E-state index in [-0.39, 0.29) is 17.5 Å². The van der Waals surface area contributed by atoms with E-state index in [2.05, 4.69) is 30.1 Å². The molecular weight excluding hydrogens is 380 g/mol. The lowest BCUT2D eigenvalue weighted by Gasteiger charge is -2.40. The maximum absolute atomic E-state index is 10.7. The first-order valence-corrected chi connectivity index (χ1v) is 10.7. The Bertz CT molecular complexity index is 1280. The van der Waals surface area contributed by atoms with Gasteiger partial charge >= 0.3 is 0 Å². The summed E-state index contributed by atoms with van der Waals surface area (Å²) in [6, 6.07) is 16.2. The van der Waals surface area contributed by atoms with Gasteiger partial charge in [-0.1, -0.05) is 36.4 Å². The van der Waals surface area contributed by atoms with Crippen LogP contribution in [0.4, 0.5) is 0 Å². The molecular formula is C24H20N2O2S. The molecule has 0 saturated heterocycles. The second-order valence-electron chi connectivity index (χ2n) is 7.97. The lowest BCUT2D eigenvalue weighted by Crippen LogP contribution is -2.35. The van der Waals surface area contributed by atoms with E-state index in [1.807, 2.05) is 24.3 Å². The van der Waals surface area contributed by atoms with Gasteiger partial charge in [0.1, 0.15) is 5.01 Å². The molecule has 0 saturated carbocycles. The summed E-state index contributed by atoms with van der Waals surface area (Å²) < 4.78 is 1.25. The third kappa shape index (κ3) is 2.38. The van der Waals surface area contributed by atoms with Crippen LogP contribution in [0.25, 0.3) is 31.9 Å². The normalized spacial score (nSPS) is 17.9. The first kappa shape index (κ1) is 17.0. The predicted molar refractivity (Wildman–Crippen MR) is 117 cm³/mol. The van der Waals surface area contributed by atoms with Gasteiger partial charge in [-0.05, 0) is 54.3 Å². The molecule has 4 aromatic rings. The van der Waals surface area contributed by atoms with E-state index in [9.17, 15) is 10.2 Å². The number of likely N-dealkylation sites (N-methyl/N-ethyl adjacent to an activating group) is 1. The molecule has 1 aromatic heterocycles. The highest BCUT2D eigenvalue weighted by atomic mass is 32.1. The molecule has 2 heterocycles. The van der Waals surface area contributed by atoms with Gasteiger partial charge in [0.25, 0.3) is 0 Å². The zero-order valence-electron chi connectivity index (χ0n) is 16.0. The third-order valence-corrected chi connectivity index (χ3v) is 7.53. The van der Waals surface area contributed by atoms with Gasteiger partial charge in [-0.3, -0.25) is 4.90 Å². The topological polar surface area (TPSA) is 56.6 Å². The average Bonchev–Trinajstić information content (AvgIpc) is 3.17. The number of fused-ring (bicyclic) bond motifs is 4. The summed E-state index contributed by atoms with van der Waals surface area (Å²) in [7, 11) is 2.18. The van der Waals surface area contributed by atoms with Crippen LogP contribution in [-0.4, -0.2) is 33.7 Å². The molecule has 1 atom stereocenters. The van der Waals surface area contributed by atoms with E-state index in [0.717, 1.165) is 52.2 Å². The number of thiazole rings is 1. The van der Waals surface area contributed by atoms with Crippen LogP contribution in [0.2, 0.25) is 0 Å². The summed E-state index contributed by atoms with van der Waals surface area (Å²) in [5.41, 5.74) is 7.62. The molecule has 6 rings (SSSR count). The van der Waals surface area contributed by atoms with Crippen LogP contribution in [0.3, 0.4) is 0 Å². The highest BCUT2D eigenvalue weighted by molar-refractivity contribution is 7.21. The minimum absolute atomic E-state index is 0.0192. The van der Waals surface area contributed by atoms with Crippen molar-refractivity contribution in [2.24, 2.45) is 0 Å². The molecule has 0 bridgehead atoms. The summed E-state index contributed by atoms with van der Waals surface area (Å²) in [6.45, 7) is 1.01. The Balaban J connectivity index is 1.68. The fraction of sp³-hybridized carbons (Fsp3) is 0.208. The fourth-order valence-corrected chi connectivity index (χ4v) is 6.04. The minimum atomic E-state index is -0.0662. The number of hydrogen-bond donors (Lipinski definition) is 2. The van der Waals surface area contributed by atoms with Crippen molar-refractivity contribution in [3.8, 4) is 33.2 Å². The highest BCUT2D eigenvalue weighted by Gasteiger charge is 2.36. The van der Waals surface area contributed by atoms with E-state index in [0.29, 0.717) is 0 Å². The van der Waals surface area contributed by atoms with Crippen LogP contribution in [0.15, 0.2) is 48.5 Å². The van der Waals surface area contributed by atoms with Crippen LogP contribution in [0.5, 0.6) is 11.5 Å². The second kappa shape index (κ2) is 6.05. The third-order valence-electron chi connectivity index (χ3n) is 6.35. The maximum Gasteiger partial charge on any atom is 0.165 e. The lowest BCUT2D eigenvalue weighted by atomic mass is 9.76. The van der Waals surface area contributed by atoms with Crippen molar-refractivity contribution in [2.75, 3.05) is 13.6 Å². The number of hydrogen-bond acceptors (Lipinski definition) is 5. The van der Waals surface area contributed by atoms with Gasteiger partial charge in [0, 0.05) is 23.7 Å². The molecule has 2 aliphatic rings. The number of phenols is 2. The van der Waals surface area contributed by atoms with E-state index >= 15 is 0 Å². The fourth-order valence-electron chi connectivity index (χ4n) is 4.91. The Morgan fingerprint density at radius 1 is 1.10 bits per heavy atom. The minimum Gasteiger partial charge on any atom is -0.504 e. The van der Waals surface area contributed by atoms with Crippen molar-refractivity contribution in [3.05, 3.63) is 65.2 Å². The highest BCUT2D eigenvalue weighted by Crippen LogP contribution is 2.52. The molecule has 3 aromatic carbocycles. The first-order chi connectivity index (χ1) is 14.1. The molecule has 29 heavy (non-hydrogen) atoms. The molecule has 144 valence electrons. The zero-order chi connectivity index (χ0) is 19.7. The van der Waals surface area contributed by atoms with Crippen LogP contribution in [-0.2, 0) is 12.8 Å². The van der Waals surface area contributed by atoms with Crippen LogP contribution in [0, 0.1) is 0 Å². The van der Waals surface area contributed by atoms with Crippen LogP contribution < -0.4 is 0 Å². The van der Waals surface area contributed by atoms with Gasteiger partial charge in [0.05, 0.1) is 10.2 Å². The largest absolute Gasteiger partial charge is 0.504 e. The van der Waals surface area contributed by atoms with Crippen molar-refractivity contribution < 1.29 is 10.2 Å². The number of aromatic hydroxyl groups is 2. The lowest BCUT2D eigenvalue weighted by molar-refractivity contribution is 0.228. The van der Waals surface area contributed by atoms with Gasteiger partial charge in [-0.25, -0.2) is 4.98 Å². The van der Waals surface area contributed by atoms with Gasteiger partial charge in [-0.2, -0.15) is 0 Å². The number of phenolic OH excluding ortho intramolecular Hbond substituents is 2. The second-order valence-corrected chi connectivity index (χ2v) is 8.97. The summed E-state index contributed by atoms with van der Waals surface area (Å²) in [6.07, 6.45) is 1.81. The molecule has 1 aliphatic carbocycles. The zero-order valence-corrected chi connectivity index (χ0v) is 16.8. The van der Waals surface area contributed by atoms with E-state index in [4.69, 9.17) is 4.98 Å². The summed E-state index contributed by atoms with van der Waals surface area (Å²) in [5.74, 6) is -0.0855. The number of nitrogens with zero attached hydrogens (tertiary/aromatic N) is 2. The molecule has 0 amide bonds. The quantitative estimate of drug-likeness (QED) is 0.435. The molecule has 0 unspecified atom stereocenters. The van der Waals surface area contributed by atoms with Crippen LogP contribution >= 0.6 is 11.3 Å². The molecule has 2 N–H and O–H groups in total. The van der Waals surface area contributed by atoms with Gasteiger partial charge < -0.3 is 10.2 Å². The van der Waals surface area contributed by atoms with Gasteiger partial charge in [0.15, 0.2) is 11.5 Å². The van der Waals surface area contributed by atoms with Crippen molar-refractivity contribution in [2.45, 2.75) is 18.9 Å². The Morgan fingerprint density at radius 3 is 2.76 bits per heavy atom. The van der Waals surface area contributed by atoms with E-state index < -0.39 is 0 Å². The number of rotatable bonds is 1. The molecule has 0 spiro atoms. The van der Waals surface area contributed by atoms with Crippen molar-refractivity contribution in [1.29, 1.82) is 0 Å². The Hall–Kier alpha value is -2.89. The summed E-state index contributed by atoms with van der Waals surface area (Å²) >= 11 is 1.76. The van der Waals surface area contributed by atoms with Crippen molar-refractivity contribution in [3.63, 3.8) is 0 Å². The molecule has 5 heteroatoms.